The number of amides is 1. The van der Waals surface area contributed by atoms with Crippen molar-refractivity contribution >= 4 is 11.9 Å². The van der Waals surface area contributed by atoms with Crippen LogP contribution in [0.3, 0.4) is 0 Å². The molecule has 5 heteroatoms. The Hall–Kier alpha value is -1.78. The Morgan fingerprint density at radius 3 is 2.56 bits per heavy atom. The lowest BCUT2D eigenvalue weighted by atomic mass is 10.2. The van der Waals surface area contributed by atoms with Crippen LogP contribution in [0.15, 0.2) is 18.3 Å². The SMILES string of the molecule is O=C(OCC(=O)N1CCCCCC1)c1ccc[nH]1. The lowest BCUT2D eigenvalue weighted by molar-refractivity contribution is -0.134. The molecule has 1 amide bonds. The Kier molecular flexibility index (Phi) is 4.39. The molecule has 1 saturated heterocycles. The molecule has 1 aromatic rings. The van der Waals surface area contributed by atoms with Crippen LogP contribution in [-0.2, 0) is 9.53 Å². The molecule has 2 rings (SSSR count). The van der Waals surface area contributed by atoms with Crippen molar-refractivity contribution in [1.29, 1.82) is 0 Å². The number of hydrogen-bond donors (Lipinski definition) is 1. The third-order valence-electron chi connectivity index (χ3n) is 3.10. The summed E-state index contributed by atoms with van der Waals surface area (Å²) in [6.07, 6.45) is 6.07. The van der Waals surface area contributed by atoms with Gasteiger partial charge in [-0.15, -0.1) is 0 Å². The maximum atomic E-state index is 11.9. The van der Waals surface area contributed by atoms with Crippen molar-refractivity contribution in [3.8, 4) is 0 Å². The van der Waals surface area contributed by atoms with E-state index in [4.69, 9.17) is 4.74 Å². The molecule has 98 valence electrons. The summed E-state index contributed by atoms with van der Waals surface area (Å²) in [5.41, 5.74) is 0.374. The molecule has 2 heterocycles. The van der Waals surface area contributed by atoms with Gasteiger partial charge < -0.3 is 14.6 Å². The predicted octanol–water partition coefficient (Wildman–Crippen LogP) is 1.57. The molecule has 0 bridgehead atoms. The minimum Gasteiger partial charge on any atom is -0.451 e. The van der Waals surface area contributed by atoms with Crippen LogP contribution in [0, 0.1) is 0 Å². The Morgan fingerprint density at radius 1 is 1.22 bits per heavy atom. The molecule has 1 fully saturated rings. The first-order chi connectivity index (χ1) is 8.77. The summed E-state index contributed by atoms with van der Waals surface area (Å²) < 4.78 is 4.98. The zero-order chi connectivity index (χ0) is 12.8. The number of ether oxygens (including phenoxy) is 1. The van der Waals surface area contributed by atoms with Gasteiger partial charge in [-0.3, -0.25) is 4.79 Å². The Labute approximate surface area is 106 Å². The second kappa shape index (κ2) is 6.23. The van der Waals surface area contributed by atoms with Crippen molar-refractivity contribution < 1.29 is 14.3 Å². The van der Waals surface area contributed by atoms with E-state index in [-0.39, 0.29) is 12.5 Å². The van der Waals surface area contributed by atoms with Gasteiger partial charge in [-0.1, -0.05) is 12.8 Å². The van der Waals surface area contributed by atoms with Crippen LogP contribution in [0.25, 0.3) is 0 Å². The van der Waals surface area contributed by atoms with E-state index >= 15 is 0 Å². The van der Waals surface area contributed by atoms with Gasteiger partial charge >= 0.3 is 5.97 Å². The fourth-order valence-corrected chi connectivity index (χ4v) is 2.07. The van der Waals surface area contributed by atoms with Crippen molar-refractivity contribution in [1.82, 2.24) is 9.88 Å². The molecule has 0 saturated carbocycles. The van der Waals surface area contributed by atoms with E-state index in [0.717, 1.165) is 25.9 Å². The smallest absolute Gasteiger partial charge is 0.355 e. The van der Waals surface area contributed by atoms with Crippen molar-refractivity contribution in [3.63, 3.8) is 0 Å². The van der Waals surface area contributed by atoms with Crippen LogP contribution in [0.2, 0.25) is 0 Å². The molecule has 5 nitrogen and oxygen atoms in total. The molecule has 1 aromatic heterocycles. The normalized spacial score (nSPS) is 16.1. The number of nitrogens with one attached hydrogen (secondary N) is 1. The zero-order valence-corrected chi connectivity index (χ0v) is 10.4. The highest BCUT2D eigenvalue weighted by Crippen LogP contribution is 2.10. The van der Waals surface area contributed by atoms with Crippen LogP contribution in [-0.4, -0.2) is 41.5 Å². The topological polar surface area (TPSA) is 62.4 Å². The second-order valence-electron chi connectivity index (χ2n) is 4.45. The van der Waals surface area contributed by atoms with E-state index < -0.39 is 5.97 Å². The summed E-state index contributed by atoms with van der Waals surface area (Å²) in [5, 5.41) is 0. The van der Waals surface area contributed by atoms with Gasteiger partial charge in [-0.05, 0) is 25.0 Å². The van der Waals surface area contributed by atoms with Gasteiger partial charge in [0.1, 0.15) is 5.69 Å². The Balaban J connectivity index is 1.78. The van der Waals surface area contributed by atoms with Crippen molar-refractivity contribution in [2.24, 2.45) is 0 Å². The minimum absolute atomic E-state index is 0.100. The third kappa shape index (κ3) is 3.35. The maximum Gasteiger partial charge on any atom is 0.355 e. The molecule has 1 aliphatic rings. The number of aromatic nitrogens is 1. The molecule has 18 heavy (non-hydrogen) atoms. The highest BCUT2D eigenvalue weighted by molar-refractivity contribution is 5.89. The minimum atomic E-state index is -0.483. The summed E-state index contributed by atoms with van der Waals surface area (Å²) >= 11 is 0. The number of aromatic amines is 1. The fraction of sp³-hybridized carbons (Fsp3) is 0.538. The maximum absolute atomic E-state index is 11.9. The summed E-state index contributed by atoms with van der Waals surface area (Å²) in [5.74, 6) is -0.583. The van der Waals surface area contributed by atoms with E-state index in [1.165, 1.54) is 12.8 Å². The number of carbonyl (C=O) groups is 2. The van der Waals surface area contributed by atoms with Crippen molar-refractivity contribution in [3.05, 3.63) is 24.0 Å². The monoisotopic (exact) mass is 250 g/mol. The standard InChI is InChI=1S/C13H18N2O3/c16-12(15-8-3-1-2-4-9-15)10-18-13(17)11-6-5-7-14-11/h5-7,14H,1-4,8-10H2. The van der Waals surface area contributed by atoms with Gasteiger partial charge in [0, 0.05) is 19.3 Å². The molecule has 0 radical (unpaired) electrons. The Morgan fingerprint density at radius 2 is 1.94 bits per heavy atom. The molecular weight excluding hydrogens is 232 g/mol. The molecule has 0 atom stereocenters. The van der Waals surface area contributed by atoms with Gasteiger partial charge in [0.15, 0.2) is 6.61 Å². The van der Waals surface area contributed by atoms with Crippen LogP contribution < -0.4 is 0 Å². The quantitative estimate of drug-likeness (QED) is 0.828. The number of nitrogens with zero attached hydrogens (tertiary/aromatic N) is 1. The van der Waals surface area contributed by atoms with E-state index in [9.17, 15) is 9.59 Å². The van der Waals surface area contributed by atoms with Crippen LogP contribution in [0.5, 0.6) is 0 Å². The van der Waals surface area contributed by atoms with Gasteiger partial charge in [-0.25, -0.2) is 4.79 Å². The lowest BCUT2D eigenvalue weighted by Crippen LogP contribution is -2.35. The summed E-state index contributed by atoms with van der Waals surface area (Å²) in [6, 6.07) is 3.34. The first-order valence-corrected chi connectivity index (χ1v) is 6.35. The number of H-pyrrole nitrogens is 1. The zero-order valence-electron chi connectivity index (χ0n) is 10.4. The molecule has 1 aliphatic heterocycles. The number of esters is 1. The highest BCUT2D eigenvalue weighted by atomic mass is 16.5. The first kappa shape index (κ1) is 12.7. The fourth-order valence-electron chi connectivity index (χ4n) is 2.07. The number of rotatable bonds is 3. The molecule has 0 spiro atoms. The average Bonchev–Trinajstić information content (AvgIpc) is 2.78. The van der Waals surface area contributed by atoms with Crippen molar-refractivity contribution in [2.75, 3.05) is 19.7 Å². The first-order valence-electron chi connectivity index (χ1n) is 6.35. The Bertz CT molecular complexity index is 392. The molecule has 1 N–H and O–H groups in total. The van der Waals surface area contributed by atoms with E-state index in [1.54, 1.807) is 23.2 Å². The molecule has 0 aliphatic carbocycles. The number of likely N-dealkylation sites (tertiary alicyclic amines) is 1. The van der Waals surface area contributed by atoms with E-state index in [0.29, 0.717) is 5.69 Å². The summed E-state index contributed by atoms with van der Waals surface area (Å²) in [7, 11) is 0. The molecule has 0 unspecified atom stereocenters. The molecular formula is C13H18N2O3. The van der Waals surface area contributed by atoms with E-state index in [1.807, 2.05) is 0 Å². The molecule has 0 aromatic carbocycles. The largest absolute Gasteiger partial charge is 0.451 e. The number of hydrogen-bond acceptors (Lipinski definition) is 3. The lowest BCUT2D eigenvalue weighted by Gasteiger charge is -2.19. The van der Waals surface area contributed by atoms with Crippen molar-refractivity contribution in [2.45, 2.75) is 25.7 Å². The van der Waals surface area contributed by atoms with Crippen LogP contribution in [0.4, 0.5) is 0 Å². The third-order valence-corrected chi connectivity index (χ3v) is 3.10. The number of carbonyl (C=O) groups excluding carboxylic acids is 2. The average molecular weight is 250 g/mol. The second-order valence-corrected chi connectivity index (χ2v) is 4.45. The van der Waals surface area contributed by atoms with Gasteiger partial charge in [0.05, 0.1) is 0 Å². The van der Waals surface area contributed by atoms with E-state index in [2.05, 4.69) is 4.98 Å². The van der Waals surface area contributed by atoms with Crippen LogP contribution >= 0.6 is 0 Å². The summed E-state index contributed by atoms with van der Waals surface area (Å²) in [6.45, 7) is 1.38. The highest BCUT2D eigenvalue weighted by Gasteiger charge is 2.17. The van der Waals surface area contributed by atoms with Gasteiger partial charge in [0.25, 0.3) is 5.91 Å². The summed E-state index contributed by atoms with van der Waals surface area (Å²) in [4.78, 5) is 27.9. The predicted molar refractivity (Wildman–Crippen MR) is 66.1 cm³/mol. The van der Waals surface area contributed by atoms with Gasteiger partial charge in [0.2, 0.25) is 0 Å². The van der Waals surface area contributed by atoms with Crippen LogP contribution in [0.1, 0.15) is 36.2 Å². The van der Waals surface area contributed by atoms with Gasteiger partial charge in [-0.2, -0.15) is 0 Å².